The maximum atomic E-state index is 6.18. The maximum absolute atomic E-state index is 6.18. The van der Waals surface area contributed by atoms with Gasteiger partial charge in [-0.15, -0.1) is 0 Å². The smallest absolute Gasteiger partial charge is 0.165 e. The van der Waals surface area contributed by atoms with Crippen LogP contribution in [0.15, 0.2) is 18.5 Å². The molecule has 0 saturated carbocycles. The molecule has 0 saturated heterocycles. The average Bonchev–Trinajstić information content (AvgIpc) is 2.85. The van der Waals surface area contributed by atoms with Crippen LogP contribution < -0.4 is 4.74 Å². The number of benzene rings is 1. The summed E-state index contributed by atoms with van der Waals surface area (Å²) in [5.41, 5.74) is 0.901. The highest BCUT2D eigenvalue weighted by Crippen LogP contribution is 2.34. The van der Waals surface area contributed by atoms with E-state index in [9.17, 15) is 0 Å². The predicted molar refractivity (Wildman–Crippen MR) is 83.8 cm³/mol. The van der Waals surface area contributed by atoms with Crippen molar-refractivity contribution >= 4 is 39.1 Å². The third kappa shape index (κ3) is 3.45. The van der Waals surface area contributed by atoms with Gasteiger partial charge in [-0.05, 0) is 26.0 Å². The molecule has 1 heterocycles. The van der Waals surface area contributed by atoms with E-state index in [-0.39, 0.29) is 6.04 Å². The van der Waals surface area contributed by atoms with Gasteiger partial charge in [0.25, 0.3) is 0 Å². The fraction of sp³-hybridized carbons (Fsp3) is 0.385. The highest BCUT2D eigenvalue weighted by atomic mass is 79.9. The summed E-state index contributed by atoms with van der Waals surface area (Å²) < 4.78 is 7.62. The van der Waals surface area contributed by atoms with E-state index in [0.717, 1.165) is 11.4 Å². The second kappa shape index (κ2) is 6.78. The minimum atomic E-state index is 0.229. The molecule has 2 aromatic rings. The van der Waals surface area contributed by atoms with Crippen molar-refractivity contribution in [1.82, 2.24) is 14.8 Å². The number of ether oxygens (including phenoxy) is 1. The highest BCUT2D eigenvalue weighted by Gasteiger charge is 2.13. The third-order valence-electron chi connectivity index (χ3n) is 2.71. The molecule has 2 rings (SSSR count). The first-order valence-corrected chi connectivity index (χ1v) is 7.95. The molecule has 20 heavy (non-hydrogen) atoms. The Labute approximate surface area is 136 Å². The van der Waals surface area contributed by atoms with Crippen LogP contribution in [0.3, 0.4) is 0 Å². The van der Waals surface area contributed by atoms with E-state index in [2.05, 4.69) is 26.0 Å². The van der Waals surface area contributed by atoms with Gasteiger partial charge in [0.1, 0.15) is 18.7 Å². The molecule has 0 fully saturated rings. The molecule has 0 N–H and O–H groups in total. The van der Waals surface area contributed by atoms with Crippen LogP contribution in [0.2, 0.25) is 10.0 Å². The molecule has 1 aromatic carbocycles. The normalized spacial score (nSPS) is 11.1. The van der Waals surface area contributed by atoms with E-state index >= 15 is 0 Å². The van der Waals surface area contributed by atoms with Crippen molar-refractivity contribution in [2.75, 3.05) is 0 Å². The molecule has 7 heteroatoms. The molecular formula is C13H14BrCl2N3O. The number of hydrogen-bond donors (Lipinski definition) is 0. The third-order valence-corrected chi connectivity index (χ3v) is 3.81. The average molecular weight is 379 g/mol. The van der Waals surface area contributed by atoms with Crippen LogP contribution in [-0.4, -0.2) is 14.8 Å². The quantitative estimate of drug-likeness (QED) is 0.711. The molecule has 4 nitrogen and oxygen atoms in total. The molecule has 0 spiro atoms. The zero-order valence-corrected chi connectivity index (χ0v) is 14.2. The molecule has 108 valence electrons. The number of nitrogens with zero attached hydrogens (tertiary/aromatic N) is 3. The van der Waals surface area contributed by atoms with E-state index in [1.54, 1.807) is 6.07 Å². The first kappa shape index (κ1) is 15.6. The van der Waals surface area contributed by atoms with Crippen molar-refractivity contribution in [3.05, 3.63) is 39.9 Å². The first-order valence-electron chi connectivity index (χ1n) is 6.08. The fourth-order valence-corrected chi connectivity index (χ4v) is 2.83. The zero-order valence-electron chi connectivity index (χ0n) is 11.1. The summed E-state index contributed by atoms with van der Waals surface area (Å²) in [6.07, 6.45) is 1.52. The summed E-state index contributed by atoms with van der Waals surface area (Å²) >= 11 is 15.6. The number of alkyl halides is 1. The topological polar surface area (TPSA) is 39.9 Å². The van der Waals surface area contributed by atoms with Crippen LogP contribution in [-0.2, 0) is 11.9 Å². The van der Waals surface area contributed by atoms with Gasteiger partial charge >= 0.3 is 0 Å². The van der Waals surface area contributed by atoms with Crippen LogP contribution in [0, 0.1) is 0 Å². The SMILES string of the molecule is CC(C)n1ncnc1COc1c(Cl)cc(Cl)cc1CBr. The van der Waals surface area contributed by atoms with E-state index in [4.69, 9.17) is 27.9 Å². The van der Waals surface area contributed by atoms with Crippen LogP contribution >= 0.6 is 39.1 Å². The van der Waals surface area contributed by atoms with Gasteiger partial charge in [-0.2, -0.15) is 5.10 Å². The van der Waals surface area contributed by atoms with Crippen LogP contribution in [0.4, 0.5) is 0 Å². The molecular weight excluding hydrogens is 365 g/mol. The minimum absolute atomic E-state index is 0.229. The van der Waals surface area contributed by atoms with Crippen molar-refractivity contribution < 1.29 is 4.74 Å². The number of aromatic nitrogens is 3. The fourth-order valence-electron chi connectivity index (χ4n) is 1.82. The van der Waals surface area contributed by atoms with Crippen molar-refractivity contribution in [3.63, 3.8) is 0 Å². The molecule has 0 unspecified atom stereocenters. The van der Waals surface area contributed by atoms with Gasteiger partial charge in [-0.1, -0.05) is 39.1 Å². The van der Waals surface area contributed by atoms with Gasteiger partial charge in [-0.3, -0.25) is 0 Å². The molecule has 0 bridgehead atoms. The van der Waals surface area contributed by atoms with Crippen molar-refractivity contribution in [2.24, 2.45) is 0 Å². The summed E-state index contributed by atoms with van der Waals surface area (Å²) in [5.74, 6) is 1.37. The van der Waals surface area contributed by atoms with Gasteiger partial charge in [0.2, 0.25) is 0 Å². The molecule has 0 aliphatic carbocycles. The number of hydrogen-bond acceptors (Lipinski definition) is 3. The summed E-state index contributed by atoms with van der Waals surface area (Å²) in [6, 6.07) is 3.72. The molecule has 0 aliphatic rings. The molecule has 0 radical (unpaired) electrons. The lowest BCUT2D eigenvalue weighted by molar-refractivity contribution is 0.280. The number of halogens is 3. The Hall–Kier alpha value is -0.780. The van der Waals surface area contributed by atoms with Gasteiger partial charge in [0, 0.05) is 22.0 Å². The molecule has 0 amide bonds. The molecule has 1 aromatic heterocycles. The predicted octanol–water partition coefficient (Wildman–Crippen LogP) is 4.64. The molecule has 0 atom stereocenters. The van der Waals surface area contributed by atoms with Crippen molar-refractivity contribution in [3.8, 4) is 5.75 Å². The van der Waals surface area contributed by atoms with E-state index < -0.39 is 0 Å². The first-order chi connectivity index (χ1) is 9.52. The summed E-state index contributed by atoms with van der Waals surface area (Å²) in [7, 11) is 0. The van der Waals surface area contributed by atoms with E-state index in [0.29, 0.717) is 27.7 Å². The zero-order chi connectivity index (χ0) is 14.7. The van der Waals surface area contributed by atoms with Gasteiger partial charge in [0.05, 0.1) is 5.02 Å². The maximum Gasteiger partial charge on any atom is 0.165 e. The van der Waals surface area contributed by atoms with Crippen LogP contribution in [0.5, 0.6) is 5.75 Å². The standard InChI is InChI=1S/C13H14BrCl2N3O/c1-8(2)19-12(17-7-18-19)6-20-13-9(5-14)3-10(15)4-11(13)16/h3-4,7-8H,5-6H2,1-2H3. The summed E-state index contributed by atoms with van der Waals surface area (Å²) in [4.78, 5) is 4.20. The monoisotopic (exact) mass is 377 g/mol. The Bertz CT molecular complexity index is 601. The minimum Gasteiger partial charge on any atom is -0.484 e. The Morgan fingerprint density at radius 2 is 2.10 bits per heavy atom. The lowest BCUT2D eigenvalue weighted by atomic mass is 10.2. The van der Waals surface area contributed by atoms with Crippen LogP contribution in [0.25, 0.3) is 0 Å². The number of rotatable bonds is 5. The Balaban J connectivity index is 2.21. The Kier molecular flexibility index (Phi) is 5.29. The van der Waals surface area contributed by atoms with Crippen LogP contribution in [0.1, 0.15) is 31.3 Å². The van der Waals surface area contributed by atoms with Gasteiger partial charge < -0.3 is 4.74 Å². The lowest BCUT2D eigenvalue weighted by Crippen LogP contribution is -2.11. The van der Waals surface area contributed by atoms with Crippen molar-refractivity contribution in [1.29, 1.82) is 0 Å². The second-order valence-electron chi connectivity index (χ2n) is 4.51. The van der Waals surface area contributed by atoms with Gasteiger partial charge in [-0.25, -0.2) is 9.67 Å². The summed E-state index contributed by atoms with van der Waals surface area (Å²) in [6.45, 7) is 4.38. The van der Waals surface area contributed by atoms with E-state index in [1.807, 2.05) is 24.6 Å². The Morgan fingerprint density at radius 1 is 1.35 bits per heavy atom. The second-order valence-corrected chi connectivity index (χ2v) is 5.92. The van der Waals surface area contributed by atoms with E-state index in [1.165, 1.54) is 6.33 Å². The van der Waals surface area contributed by atoms with Gasteiger partial charge in [0.15, 0.2) is 5.82 Å². The largest absolute Gasteiger partial charge is 0.484 e. The Morgan fingerprint density at radius 3 is 2.75 bits per heavy atom. The molecule has 0 aliphatic heterocycles. The van der Waals surface area contributed by atoms with Crippen molar-refractivity contribution in [2.45, 2.75) is 31.8 Å². The highest BCUT2D eigenvalue weighted by molar-refractivity contribution is 9.08. The summed E-state index contributed by atoms with van der Waals surface area (Å²) in [5, 5.41) is 5.85. The lowest BCUT2D eigenvalue weighted by Gasteiger charge is -2.14.